The van der Waals surface area contributed by atoms with Crippen molar-refractivity contribution in [1.29, 1.82) is 0 Å². The van der Waals surface area contributed by atoms with Crippen LogP contribution < -0.4 is 0 Å². The van der Waals surface area contributed by atoms with Gasteiger partial charge in [0.25, 0.3) is 0 Å². The molecule has 0 aliphatic heterocycles. The number of hydrogen-bond donors (Lipinski definition) is 0. The first kappa shape index (κ1) is 30.4. The molecular formula is C44H38N2. The fourth-order valence-corrected chi connectivity index (χ4v) is 5.51. The first-order valence-electron chi connectivity index (χ1n) is 16.0. The van der Waals surface area contributed by atoms with Crippen LogP contribution in [0.15, 0.2) is 170 Å². The summed E-state index contributed by atoms with van der Waals surface area (Å²) in [6.07, 6.45) is 12.9. The van der Waals surface area contributed by atoms with Crippen LogP contribution in [0.2, 0.25) is 0 Å². The number of unbranched alkanes of at least 4 members (excludes halogenated alkanes) is 1. The van der Waals surface area contributed by atoms with Gasteiger partial charge >= 0.3 is 0 Å². The zero-order valence-corrected chi connectivity index (χ0v) is 26.5. The lowest BCUT2D eigenvalue weighted by Gasteiger charge is -2.12. The minimum Gasteiger partial charge on any atom is -0.228 e. The molecule has 0 saturated heterocycles. The third kappa shape index (κ3) is 7.36. The predicted octanol–water partition coefficient (Wildman–Crippen LogP) is 12.1. The Bertz CT molecular complexity index is 1900. The molecule has 0 spiro atoms. The van der Waals surface area contributed by atoms with Gasteiger partial charge in [0.2, 0.25) is 0 Å². The summed E-state index contributed by atoms with van der Waals surface area (Å²) in [6, 6.07) is 48.9. The second-order valence-electron chi connectivity index (χ2n) is 11.3. The van der Waals surface area contributed by atoms with E-state index in [0.717, 1.165) is 63.2 Å². The van der Waals surface area contributed by atoms with Crippen molar-refractivity contribution >= 4 is 5.57 Å². The second-order valence-corrected chi connectivity index (χ2v) is 11.3. The zero-order chi connectivity index (χ0) is 31.6. The summed E-state index contributed by atoms with van der Waals surface area (Å²) in [5.74, 6) is 0.701. The Balaban J connectivity index is 1.49. The fourth-order valence-electron chi connectivity index (χ4n) is 5.51. The van der Waals surface area contributed by atoms with E-state index in [0.29, 0.717) is 5.82 Å². The SMILES string of the molecule is C\C=C/C=C(\C=C\CCC)c1cccc(-c2nc(-c3cccc(-c4ccccc4)c3)cc(-c3cccc(-c4ccccc4)c3)n2)c1. The summed E-state index contributed by atoms with van der Waals surface area (Å²) in [5, 5.41) is 0. The zero-order valence-electron chi connectivity index (χ0n) is 26.5. The summed E-state index contributed by atoms with van der Waals surface area (Å²) >= 11 is 0. The van der Waals surface area contributed by atoms with Gasteiger partial charge in [-0.3, -0.25) is 0 Å². The lowest BCUT2D eigenvalue weighted by atomic mass is 9.98. The molecule has 6 aromatic rings. The van der Waals surface area contributed by atoms with E-state index in [-0.39, 0.29) is 0 Å². The molecular weight excluding hydrogens is 556 g/mol. The molecule has 0 unspecified atom stereocenters. The molecule has 46 heavy (non-hydrogen) atoms. The monoisotopic (exact) mass is 594 g/mol. The summed E-state index contributed by atoms with van der Waals surface area (Å²) < 4.78 is 0. The number of rotatable bonds is 10. The van der Waals surface area contributed by atoms with E-state index in [2.05, 4.69) is 165 Å². The summed E-state index contributed by atoms with van der Waals surface area (Å²) in [7, 11) is 0. The van der Waals surface area contributed by atoms with E-state index in [4.69, 9.17) is 9.97 Å². The minimum absolute atomic E-state index is 0.701. The topological polar surface area (TPSA) is 25.8 Å². The van der Waals surface area contributed by atoms with Crippen molar-refractivity contribution in [3.8, 4) is 56.2 Å². The largest absolute Gasteiger partial charge is 0.228 e. The molecule has 0 bridgehead atoms. The molecule has 0 fully saturated rings. The number of hydrogen-bond acceptors (Lipinski definition) is 2. The highest BCUT2D eigenvalue weighted by Gasteiger charge is 2.13. The molecule has 0 saturated carbocycles. The van der Waals surface area contributed by atoms with Crippen LogP contribution in [0.5, 0.6) is 0 Å². The van der Waals surface area contributed by atoms with Gasteiger partial charge in [-0.1, -0.05) is 159 Å². The van der Waals surface area contributed by atoms with Crippen molar-refractivity contribution in [2.45, 2.75) is 26.7 Å². The van der Waals surface area contributed by atoms with Crippen LogP contribution in [0.25, 0.3) is 61.7 Å². The van der Waals surface area contributed by atoms with E-state index in [9.17, 15) is 0 Å². The van der Waals surface area contributed by atoms with Gasteiger partial charge in [-0.15, -0.1) is 0 Å². The van der Waals surface area contributed by atoms with Gasteiger partial charge in [0, 0.05) is 16.7 Å². The standard InChI is InChI=1S/C44H38N2/c1-3-5-9-18-33(17-6-4-2)38-25-16-28-41(31-38)44-45-42(39-26-14-23-36(29-39)34-19-10-7-11-20-34)32-43(46-44)40-27-15-24-37(30-40)35-21-12-8-13-22-35/h4,6-32H,3,5H2,1-2H3/b6-4-,18-9+,33-17+. The van der Waals surface area contributed by atoms with Gasteiger partial charge in [-0.25, -0.2) is 9.97 Å². The first-order chi connectivity index (χ1) is 22.7. The van der Waals surface area contributed by atoms with Crippen LogP contribution in [-0.4, -0.2) is 9.97 Å². The molecule has 0 aliphatic carbocycles. The molecule has 0 amide bonds. The molecule has 0 aliphatic rings. The Morgan fingerprint density at radius 1 is 0.543 bits per heavy atom. The van der Waals surface area contributed by atoms with Crippen molar-refractivity contribution in [2.24, 2.45) is 0 Å². The van der Waals surface area contributed by atoms with Gasteiger partial charge in [0.05, 0.1) is 11.4 Å². The van der Waals surface area contributed by atoms with E-state index >= 15 is 0 Å². The molecule has 224 valence electrons. The van der Waals surface area contributed by atoms with Crippen LogP contribution in [0.1, 0.15) is 32.3 Å². The smallest absolute Gasteiger partial charge is 0.160 e. The highest BCUT2D eigenvalue weighted by atomic mass is 14.9. The van der Waals surface area contributed by atoms with Crippen molar-refractivity contribution in [1.82, 2.24) is 9.97 Å². The van der Waals surface area contributed by atoms with E-state index in [1.807, 2.05) is 19.1 Å². The average Bonchev–Trinajstić information content (AvgIpc) is 3.14. The molecule has 2 nitrogen and oxygen atoms in total. The Kier molecular flexibility index (Phi) is 9.87. The van der Waals surface area contributed by atoms with Crippen LogP contribution in [0.4, 0.5) is 0 Å². The maximum atomic E-state index is 5.19. The van der Waals surface area contributed by atoms with Crippen molar-refractivity contribution in [3.63, 3.8) is 0 Å². The second kappa shape index (κ2) is 14.9. The third-order valence-corrected chi connectivity index (χ3v) is 7.93. The van der Waals surface area contributed by atoms with E-state index < -0.39 is 0 Å². The normalized spacial score (nSPS) is 11.8. The number of allylic oxidation sites excluding steroid dienone is 6. The van der Waals surface area contributed by atoms with E-state index in [1.165, 1.54) is 11.1 Å². The lowest BCUT2D eigenvalue weighted by molar-refractivity contribution is 0.959. The van der Waals surface area contributed by atoms with E-state index in [1.54, 1.807) is 0 Å². The highest BCUT2D eigenvalue weighted by molar-refractivity contribution is 5.80. The molecule has 5 aromatic carbocycles. The van der Waals surface area contributed by atoms with Gasteiger partial charge in [-0.05, 0) is 71.0 Å². The lowest BCUT2D eigenvalue weighted by Crippen LogP contribution is -1.97. The van der Waals surface area contributed by atoms with Crippen molar-refractivity contribution in [3.05, 3.63) is 175 Å². The quantitative estimate of drug-likeness (QED) is 0.147. The maximum absolute atomic E-state index is 5.19. The number of benzene rings is 5. The maximum Gasteiger partial charge on any atom is 0.160 e. The Hall–Kier alpha value is -5.60. The Morgan fingerprint density at radius 2 is 1.07 bits per heavy atom. The molecule has 0 radical (unpaired) electrons. The van der Waals surface area contributed by atoms with Gasteiger partial charge in [0.1, 0.15) is 0 Å². The molecule has 0 atom stereocenters. The van der Waals surface area contributed by atoms with Crippen molar-refractivity contribution < 1.29 is 0 Å². The van der Waals surface area contributed by atoms with Gasteiger partial charge in [0.15, 0.2) is 5.82 Å². The minimum atomic E-state index is 0.701. The fraction of sp³-hybridized carbons (Fsp3) is 0.0909. The van der Waals surface area contributed by atoms with Crippen molar-refractivity contribution in [2.75, 3.05) is 0 Å². The Labute approximate surface area is 273 Å². The summed E-state index contributed by atoms with van der Waals surface area (Å²) in [4.78, 5) is 10.4. The molecule has 2 heteroatoms. The predicted molar refractivity (Wildman–Crippen MR) is 196 cm³/mol. The first-order valence-corrected chi connectivity index (χ1v) is 16.0. The molecule has 1 aromatic heterocycles. The van der Waals surface area contributed by atoms with Gasteiger partial charge < -0.3 is 0 Å². The molecule has 0 N–H and O–H groups in total. The average molecular weight is 595 g/mol. The van der Waals surface area contributed by atoms with Gasteiger partial charge in [-0.2, -0.15) is 0 Å². The van der Waals surface area contributed by atoms with Crippen LogP contribution in [0.3, 0.4) is 0 Å². The number of nitrogens with zero attached hydrogens (tertiary/aromatic N) is 2. The molecule has 1 heterocycles. The summed E-state index contributed by atoms with van der Waals surface area (Å²) in [5.41, 5.74) is 11.8. The van der Waals surface area contributed by atoms with Crippen LogP contribution in [0, 0.1) is 0 Å². The van der Waals surface area contributed by atoms with Crippen LogP contribution >= 0.6 is 0 Å². The molecule has 6 rings (SSSR count). The number of aromatic nitrogens is 2. The third-order valence-electron chi connectivity index (χ3n) is 7.93. The highest BCUT2D eigenvalue weighted by Crippen LogP contribution is 2.32. The summed E-state index contributed by atoms with van der Waals surface area (Å²) in [6.45, 7) is 4.24. The Morgan fingerprint density at radius 3 is 1.63 bits per heavy atom. The van der Waals surface area contributed by atoms with Crippen LogP contribution in [-0.2, 0) is 0 Å².